The molecule has 0 radical (unpaired) electrons. The Labute approximate surface area is 97.5 Å². The molecule has 84 valence electrons. The Morgan fingerprint density at radius 2 is 2.25 bits per heavy atom. The van der Waals surface area contributed by atoms with Crippen molar-refractivity contribution in [1.29, 1.82) is 5.26 Å². The lowest BCUT2D eigenvalue weighted by Gasteiger charge is -2.19. The number of thioether (sulfide) groups is 1. The van der Waals surface area contributed by atoms with Gasteiger partial charge in [0.15, 0.2) is 0 Å². The number of nitrogens with zero attached hydrogens (tertiary/aromatic N) is 1. The zero-order valence-corrected chi connectivity index (χ0v) is 9.49. The highest BCUT2D eigenvalue weighted by atomic mass is 32.2. The van der Waals surface area contributed by atoms with Crippen molar-refractivity contribution in [3.63, 3.8) is 0 Å². The van der Waals surface area contributed by atoms with Crippen LogP contribution in [0.3, 0.4) is 0 Å². The molecule has 1 aliphatic rings. The lowest BCUT2D eigenvalue weighted by molar-refractivity contribution is 0.000812. The molecule has 2 rings (SSSR count). The smallest absolute Gasteiger partial charge is 0.200 e. The first-order valence-corrected chi connectivity index (χ1v) is 6.13. The van der Waals surface area contributed by atoms with Crippen LogP contribution in [0.2, 0.25) is 0 Å². The van der Waals surface area contributed by atoms with Crippen LogP contribution < -0.4 is 0 Å². The molecule has 0 spiro atoms. The van der Waals surface area contributed by atoms with E-state index in [0.717, 1.165) is 29.1 Å². The zero-order valence-electron chi connectivity index (χ0n) is 8.67. The topological polar surface area (TPSA) is 23.8 Å². The molecule has 1 aliphatic heterocycles. The number of hydrogen-bond donors (Lipinski definition) is 0. The zero-order chi connectivity index (χ0) is 11.6. The van der Waals surface area contributed by atoms with Gasteiger partial charge in [0.1, 0.15) is 6.42 Å². The first kappa shape index (κ1) is 11.4. The second-order valence-corrected chi connectivity index (χ2v) is 4.95. The third-order valence-electron chi connectivity index (χ3n) is 2.63. The van der Waals surface area contributed by atoms with Gasteiger partial charge in [-0.15, -0.1) is 11.8 Å². The summed E-state index contributed by atoms with van der Waals surface area (Å²) in [5.41, 5.74) is 0.960. The van der Waals surface area contributed by atoms with Crippen LogP contribution in [0.1, 0.15) is 24.0 Å². The van der Waals surface area contributed by atoms with Gasteiger partial charge >= 0.3 is 0 Å². The molecule has 16 heavy (non-hydrogen) atoms. The second-order valence-electron chi connectivity index (χ2n) is 3.81. The molecular weight excluding hydrogens is 228 g/mol. The van der Waals surface area contributed by atoms with Crippen molar-refractivity contribution >= 4 is 11.8 Å². The molecule has 4 heteroatoms. The minimum atomic E-state index is -3.02. The van der Waals surface area contributed by atoms with Crippen molar-refractivity contribution in [3.8, 4) is 6.07 Å². The van der Waals surface area contributed by atoms with Gasteiger partial charge in [-0.1, -0.05) is 6.07 Å². The highest BCUT2D eigenvalue weighted by molar-refractivity contribution is 7.99. The molecule has 0 saturated heterocycles. The summed E-state index contributed by atoms with van der Waals surface area (Å²) in [5.74, 6) is -1.97. The number of hydrogen-bond acceptors (Lipinski definition) is 2. The molecule has 0 saturated carbocycles. The Morgan fingerprint density at radius 3 is 3.00 bits per heavy atom. The van der Waals surface area contributed by atoms with Crippen LogP contribution >= 0.6 is 11.8 Å². The molecule has 0 unspecified atom stereocenters. The predicted octanol–water partition coefficient (Wildman–Crippen LogP) is 3.73. The van der Waals surface area contributed by atoms with Gasteiger partial charge in [-0.25, -0.2) is 8.78 Å². The molecule has 0 atom stereocenters. The molecule has 1 aromatic rings. The van der Waals surface area contributed by atoms with Crippen LogP contribution in [0.5, 0.6) is 0 Å². The van der Waals surface area contributed by atoms with E-state index in [1.54, 1.807) is 23.9 Å². The number of rotatable bonds is 2. The van der Waals surface area contributed by atoms with Crippen LogP contribution in [0.15, 0.2) is 23.1 Å². The van der Waals surface area contributed by atoms with E-state index in [-0.39, 0.29) is 5.56 Å². The van der Waals surface area contributed by atoms with Crippen molar-refractivity contribution in [1.82, 2.24) is 0 Å². The number of aryl methyl sites for hydroxylation is 1. The lowest BCUT2D eigenvalue weighted by Crippen LogP contribution is -2.13. The van der Waals surface area contributed by atoms with Gasteiger partial charge < -0.3 is 0 Å². The second kappa shape index (κ2) is 4.42. The SMILES string of the molecule is N#CCC(F)(F)c1ccc2c(c1)CCCS2. The summed E-state index contributed by atoms with van der Waals surface area (Å²) in [6, 6.07) is 6.27. The van der Waals surface area contributed by atoms with Gasteiger partial charge in [-0.3, -0.25) is 0 Å². The van der Waals surface area contributed by atoms with Gasteiger partial charge in [0.2, 0.25) is 0 Å². The van der Waals surface area contributed by atoms with Gasteiger partial charge in [-0.05, 0) is 36.3 Å². The number of halogens is 2. The quantitative estimate of drug-likeness (QED) is 0.785. The minimum Gasteiger partial charge on any atom is -0.200 e. The van der Waals surface area contributed by atoms with E-state index in [1.165, 1.54) is 12.1 Å². The molecule has 0 amide bonds. The molecule has 1 nitrogen and oxygen atoms in total. The van der Waals surface area contributed by atoms with E-state index in [1.807, 2.05) is 0 Å². The van der Waals surface area contributed by atoms with E-state index < -0.39 is 12.3 Å². The Balaban J connectivity index is 2.33. The summed E-state index contributed by atoms with van der Waals surface area (Å²) in [5, 5.41) is 8.37. The normalized spacial score (nSPS) is 15.3. The highest BCUT2D eigenvalue weighted by Crippen LogP contribution is 2.36. The van der Waals surface area contributed by atoms with Crippen molar-refractivity contribution in [3.05, 3.63) is 29.3 Å². The van der Waals surface area contributed by atoms with E-state index in [9.17, 15) is 8.78 Å². The Bertz CT molecular complexity index is 437. The van der Waals surface area contributed by atoms with Crippen molar-refractivity contribution in [2.45, 2.75) is 30.1 Å². The van der Waals surface area contributed by atoms with Crippen LogP contribution in [0, 0.1) is 11.3 Å². The largest absolute Gasteiger partial charge is 0.286 e. The average molecular weight is 239 g/mol. The van der Waals surface area contributed by atoms with Crippen LogP contribution in [-0.4, -0.2) is 5.75 Å². The maximum Gasteiger partial charge on any atom is 0.286 e. The molecular formula is C12H11F2NS. The Hall–Kier alpha value is -1.08. The maximum absolute atomic E-state index is 13.5. The first-order valence-electron chi connectivity index (χ1n) is 5.14. The van der Waals surface area contributed by atoms with Crippen LogP contribution in [-0.2, 0) is 12.3 Å². The van der Waals surface area contributed by atoms with Crippen molar-refractivity contribution in [2.75, 3.05) is 5.75 Å². The summed E-state index contributed by atoms with van der Waals surface area (Å²) >= 11 is 1.71. The molecule has 0 bridgehead atoms. The fourth-order valence-electron chi connectivity index (χ4n) is 1.79. The molecule has 0 aliphatic carbocycles. The molecule has 1 heterocycles. The summed E-state index contributed by atoms with van der Waals surface area (Å²) in [7, 11) is 0. The summed E-state index contributed by atoms with van der Waals surface area (Å²) < 4.78 is 27.0. The van der Waals surface area contributed by atoms with E-state index in [4.69, 9.17) is 5.26 Å². The first-order chi connectivity index (χ1) is 7.63. The lowest BCUT2D eigenvalue weighted by atomic mass is 10.0. The molecule has 0 N–H and O–H groups in total. The van der Waals surface area contributed by atoms with E-state index in [2.05, 4.69) is 0 Å². The standard InChI is InChI=1S/C12H11F2NS/c13-12(14,5-6-15)10-3-4-11-9(8-10)2-1-7-16-11/h3-4,8H,1-2,5,7H2. The maximum atomic E-state index is 13.5. The summed E-state index contributed by atoms with van der Waals surface area (Å²) in [4.78, 5) is 1.10. The van der Waals surface area contributed by atoms with Gasteiger partial charge in [0.25, 0.3) is 5.92 Å². The summed E-state index contributed by atoms with van der Waals surface area (Å²) in [6.07, 6.45) is 1.14. The average Bonchev–Trinajstić information content (AvgIpc) is 2.28. The highest BCUT2D eigenvalue weighted by Gasteiger charge is 2.32. The number of fused-ring (bicyclic) bond motifs is 1. The minimum absolute atomic E-state index is 0.0321. The van der Waals surface area contributed by atoms with Crippen molar-refractivity contribution in [2.24, 2.45) is 0 Å². The fourth-order valence-corrected chi connectivity index (χ4v) is 2.81. The van der Waals surface area contributed by atoms with Gasteiger partial charge in [0, 0.05) is 10.5 Å². The molecule has 0 aromatic heterocycles. The monoisotopic (exact) mass is 239 g/mol. The van der Waals surface area contributed by atoms with Crippen LogP contribution in [0.25, 0.3) is 0 Å². The fraction of sp³-hybridized carbons (Fsp3) is 0.417. The van der Waals surface area contributed by atoms with E-state index in [0.29, 0.717) is 0 Å². The van der Waals surface area contributed by atoms with Crippen LogP contribution in [0.4, 0.5) is 8.78 Å². The number of benzene rings is 1. The van der Waals surface area contributed by atoms with E-state index >= 15 is 0 Å². The molecule has 1 aromatic carbocycles. The predicted molar refractivity (Wildman–Crippen MR) is 59.6 cm³/mol. The third-order valence-corrected chi connectivity index (χ3v) is 3.83. The Morgan fingerprint density at radius 1 is 1.44 bits per heavy atom. The Kier molecular flexibility index (Phi) is 3.15. The van der Waals surface area contributed by atoms with Crippen molar-refractivity contribution < 1.29 is 8.78 Å². The number of alkyl halides is 2. The summed E-state index contributed by atoms with van der Waals surface area (Å²) in [6.45, 7) is 0. The molecule has 0 fully saturated rings. The number of nitriles is 1. The third kappa shape index (κ3) is 2.19. The van der Waals surface area contributed by atoms with Gasteiger partial charge in [-0.2, -0.15) is 5.26 Å². The van der Waals surface area contributed by atoms with Gasteiger partial charge in [0.05, 0.1) is 6.07 Å².